The Balaban J connectivity index is 0.000000132. The van der Waals surface area contributed by atoms with E-state index in [2.05, 4.69) is 27.7 Å². The smallest absolute Gasteiger partial charge is 0.201 e. The molecule has 0 aromatic carbocycles. The maximum Gasteiger partial charge on any atom is 0.201 e. The van der Waals surface area contributed by atoms with Gasteiger partial charge in [0, 0.05) is 30.6 Å². The van der Waals surface area contributed by atoms with Crippen LogP contribution >= 0.6 is 0 Å². The van der Waals surface area contributed by atoms with Crippen molar-refractivity contribution in [2.45, 2.75) is 148 Å². The van der Waals surface area contributed by atoms with E-state index in [-0.39, 0.29) is 29.8 Å². The molecule has 0 amide bonds. The van der Waals surface area contributed by atoms with E-state index in [1.54, 1.807) is 0 Å². The Morgan fingerprint density at radius 1 is 0.550 bits per heavy atom. The van der Waals surface area contributed by atoms with Gasteiger partial charge in [0.05, 0.1) is 6.10 Å². The van der Waals surface area contributed by atoms with Crippen LogP contribution in [-0.4, -0.2) is 52.9 Å². The van der Waals surface area contributed by atoms with Crippen LogP contribution in [0.3, 0.4) is 0 Å². The number of aliphatic hydroxyl groups excluding tert-OH is 1. The average Bonchev–Trinajstić information content (AvgIpc) is 3.28. The lowest BCUT2D eigenvalue weighted by Crippen LogP contribution is -2.70. The van der Waals surface area contributed by atoms with Crippen molar-refractivity contribution in [1.29, 1.82) is 0 Å². The number of hydrogen-bond acceptors (Lipinski definition) is 9. The van der Waals surface area contributed by atoms with Gasteiger partial charge in [-0.1, -0.05) is 27.7 Å². The normalized spacial score (nSPS) is 61.8. The van der Waals surface area contributed by atoms with E-state index in [4.69, 9.17) is 38.5 Å². The van der Waals surface area contributed by atoms with Crippen LogP contribution in [0.1, 0.15) is 99.8 Å². The first-order valence-corrected chi connectivity index (χ1v) is 16.0. The zero-order valence-corrected chi connectivity index (χ0v) is 25.3. The molecule has 16 atom stereocenters. The van der Waals surface area contributed by atoms with Crippen molar-refractivity contribution in [2.75, 3.05) is 0 Å². The van der Waals surface area contributed by atoms with Crippen LogP contribution < -0.4 is 0 Å². The topological polar surface area (TPSA) is 94.1 Å². The Morgan fingerprint density at radius 2 is 1.02 bits per heavy atom. The molecule has 40 heavy (non-hydrogen) atoms. The van der Waals surface area contributed by atoms with E-state index in [9.17, 15) is 5.11 Å². The van der Waals surface area contributed by atoms with Gasteiger partial charge >= 0.3 is 0 Å². The fourth-order valence-corrected chi connectivity index (χ4v) is 9.97. The van der Waals surface area contributed by atoms with Gasteiger partial charge in [-0.15, -0.1) is 0 Å². The highest BCUT2D eigenvalue weighted by Gasteiger charge is 2.70. The maximum absolute atomic E-state index is 10.2. The van der Waals surface area contributed by atoms with Crippen LogP contribution in [0.2, 0.25) is 0 Å². The number of ether oxygens (including phenoxy) is 4. The molecule has 1 N–H and O–H groups in total. The second kappa shape index (κ2) is 9.57. The van der Waals surface area contributed by atoms with E-state index >= 15 is 0 Å². The highest BCUT2D eigenvalue weighted by Crippen LogP contribution is 2.62. The third-order valence-corrected chi connectivity index (χ3v) is 12.6. The minimum Gasteiger partial charge on any atom is -0.368 e. The third kappa shape index (κ3) is 3.91. The minimum atomic E-state index is -0.781. The van der Waals surface area contributed by atoms with Gasteiger partial charge < -0.3 is 24.1 Å². The molecule has 10 fully saturated rings. The largest absolute Gasteiger partial charge is 0.368 e. The molecule has 9 heteroatoms. The summed E-state index contributed by atoms with van der Waals surface area (Å²) in [6, 6.07) is 0. The van der Waals surface area contributed by atoms with Crippen molar-refractivity contribution in [3.8, 4) is 0 Å². The van der Waals surface area contributed by atoms with Crippen molar-refractivity contribution >= 4 is 0 Å². The van der Waals surface area contributed by atoms with Crippen molar-refractivity contribution in [3.05, 3.63) is 0 Å². The summed E-state index contributed by atoms with van der Waals surface area (Å²) in [7, 11) is 0. The summed E-state index contributed by atoms with van der Waals surface area (Å²) in [6.45, 7) is 15.0. The highest BCUT2D eigenvalue weighted by molar-refractivity contribution is 5.10. The Bertz CT molecular complexity index is 896. The molecule has 8 aliphatic heterocycles. The molecule has 9 nitrogen and oxygen atoms in total. The summed E-state index contributed by atoms with van der Waals surface area (Å²) in [4.78, 5) is 23.4. The predicted molar refractivity (Wildman–Crippen MR) is 142 cm³/mol. The molecule has 8 heterocycles. The summed E-state index contributed by atoms with van der Waals surface area (Å²) < 4.78 is 24.3. The number of hydrogen-bond donors (Lipinski definition) is 1. The van der Waals surface area contributed by atoms with E-state index in [0.29, 0.717) is 35.5 Å². The second-order valence-corrected chi connectivity index (χ2v) is 14.9. The van der Waals surface area contributed by atoms with E-state index < -0.39 is 29.8 Å². The fraction of sp³-hybridized carbons (Fsp3) is 1.00. The van der Waals surface area contributed by atoms with Gasteiger partial charge in [-0.25, -0.2) is 19.6 Å². The second-order valence-electron chi connectivity index (χ2n) is 14.9. The summed E-state index contributed by atoms with van der Waals surface area (Å²) in [6.07, 6.45) is 7.13. The summed E-state index contributed by atoms with van der Waals surface area (Å²) in [5.41, 5.74) is -0.939. The van der Waals surface area contributed by atoms with Gasteiger partial charge in [0.2, 0.25) is 11.6 Å². The maximum atomic E-state index is 10.2. The van der Waals surface area contributed by atoms with Crippen molar-refractivity contribution in [2.24, 2.45) is 47.3 Å². The zero-order chi connectivity index (χ0) is 28.2. The number of rotatable bonds is 0. The molecule has 8 saturated heterocycles. The Labute approximate surface area is 238 Å². The van der Waals surface area contributed by atoms with Gasteiger partial charge in [-0.2, -0.15) is 0 Å². The molecule has 2 spiro atoms. The minimum absolute atomic E-state index is 0.0379. The van der Waals surface area contributed by atoms with Crippen LogP contribution in [0.25, 0.3) is 0 Å². The Hall–Kier alpha value is -0.360. The Morgan fingerprint density at radius 3 is 1.55 bits per heavy atom. The van der Waals surface area contributed by atoms with Crippen molar-refractivity contribution < 1.29 is 43.6 Å². The van der Waals surface area contributed by atoms with Gasteiger partial charge in [-0.05, 0) is 88.9 Å². The predicted octanol–water partition coefficient (Wildman–Crippen LogP) is 5.44. The fourth-order valence-electron chi connectivity index (χ4n) is 9.97. The van der Waals surface area contributed by atoms with Crippen LogP contribution in [0.15, 0.2) is 0 Å². The summed E-state index contributed by atoms with van der Waals surface area (Å²) in [5.74, 6) is 1.87. The SMILES string of the molecule is CC1O[C@@H]2O[C@]3(C)CC[C@H]4[C@H](C)CC[C@@H]([C@H]1C)C24OO3.C[C@@H]1CC[C@H]2[C@@H](C)C(O)O[C@@H]3O[C@]4(C)CC[C@@H]1C32OO4. The lowest BCUT2D eigenvalue weighted by atomic mass is 9.57. The lowest BCUT2D eigenvalue weighted by molar-refractivity contribution is -0.576. The summed E-state index contributed by atoms with van der Waals surface area (Å²) >= 11 is 0. The molecule has 4 unspecified atom stereocenters. The molecule has 0 radical (unpaired) electrons. The first kappa shape index (κ1) is 28.4. The molecule has 228 valence electrons. The molecule has 0 aromatic heterocycles. The Kier molecular flexibility index (Phi) is 6.80. The molecule has 10 aliphatic rings. The van der Waals surface area contributed by atoms with Crippen LogP contribution in [0.4, 0.5) is 0 Å². The quantitative estimate of drug-likeness (QED) is 0.385. The molecular formula is C31H50O9. The average molecular weight is 567 g/mol. The van der Waals surface area contributed by atoms with Crippen LogP contribution in [0, 0.1) is 47.3 Å². The molecule has 2 saturated carbocycles. The lowest BCUT2D eigenvalue weighted by Gasteiger charge is -2.60. The molecule has 0 aromatic rings. The van der Waals surface area contributed by atoms with Crippen molar-refractivity contribution in [3.63, 3.8) is 0 Å². The van der Waals surface area contributed by atoms with Crippen LogP contribution in [0.5, 0.6) is 0 Å². The monoisotopic (exact) mass is 566 g/mol. The van der Waals surface area contributed by atoms with Crippen molar-refractivity contribution in [1.82, 2.24) is 0 Å². The van der Waals surface area contributed by atoms with Gasteiger partial charge in [0.25, 0.3) is 0 Å². The number of fused-ring (bicyclic) bond motifs is 4. The molecule has 2 aliphatic carbocycles. The van der Waals surface area contributed by atoms with Gasteiger partial charge in [0.1, 0.15) is 0 Å². The van der Waals surface area contributed by atoms with Gasteiger partial charge in [0.15, 0.2) is 30.1 Å². The molecule has 10 rings (SSSR count). The molecule has 4 bridgehead atoms. The van der Waals surface area contributed by atoms with Crippen LogP contribution in [-0.2, 0) is 38.5 Å². The van der Waals surface area contributed by atoms with E-state index in [0.717, 1.165) is 32.1 Å². The highest BCUT2D eigenvalue weighted by atomic mass is 17.3. The number of aliphatic hydroxyl groups is 1. The van der Waals surface area contributed by atoms with E-state index in [1.165, 1.54) is 19.3 Å². The molecular weight excluding hydrogens is 516 g/mol. The van der Waals surface area contributed by atoms with Gasteiger partial charge in [-0.3, -0.25) is 0 Å². The summed E-state index contributed by atoms with van der Waals surface area (Å²) in [5, 5.41) is 10.2. The standard InChI is InChI=1S/C16H26O4.C15H24O5/c1-9-5-6-13-10(2)11(3)17-14-16(13)12(9)7-8-15(4,18-14)19-20-16;1-8-4-5-11-9(2)12(16)17-13-15(11)10(8)6-7-14(3,18-13)19-20-15/h9-14H,5-8H2,1-4H3;8-13,16H,4-7H2,1-3H3/t9-,10+,11?,12+,13+,14-,15+,16?;8-,9-,10+,11+,12?,13-,14+,15?/m11/s1. The first-order chi connectivity index (χ1) is 18.9. The van der Waals surface area contributed by atoms with E-state index in [1.807, 2.05) is 20.8 Å². The third-order valence-electron chi connectivity index (χ3n) is 12.6. The first-order valence-electron chi connectivity index (χ1n) is 16.0. The zero-order valence-electron chi connectivity index (χ0n) is 25.3.